The maximum absolute atomic E-state index is 8.34. The number of hydrogen-bond acceptors (Lipinski definition) is 4. The molecule has 5 heteroatoms. The van der Waals surface area contributed by atoms with E-state index >= 15 is 0 Å². The summed E-state index contributed by atoms with van der Waals surface area (Å²) >= 11 is 0. The predicted molar refractivity (Wildman–Crippen MR) is 64.1 cm³/mol. The van der Waals surface area contributed by atoms with Crippen molar-refractivity contribution in [3.63, 3.8) is 0 Å². The van der Waals surface area contributed by atoms with E-state index in [2.05, 4.69) is 10.5 Å². The van der Waals surface area contributed by atoms with Crippen molar-refractivity contribution in [2.45, 2.75) is 12.8 Å². The fourth-order valence-corrected chi connectivity index (χ4v) is 1.26. The lowest BCUT2D eigenvalue weighted by molar-refractivity contribution is 0.316. The van der Waals surface area contributed by atoms with Gasteiger partial charge in [-0.2, -0.15) is 0 Å². The van der Waals surface area contributed by atoms with Gasteiger partial charge in [0.1, 0.15) is 11.6 Å². The first-order chi connectivity index (χ1) is 7.76. The van der Waals surface area contributed by atoms with E-state index in [4.69, 9.17) is 15.7 Å². The van der Waals surface area contributed by atoms with Crippen molar-refractivity contribution in [1.29, 1.82) is 0 Å². The third kappa shape index (κ3) is 4.08. The zero-order valence-corrected chi connectivity index (χ0v) is 9.31. The van der Waals surface area contributed by atoms with Crippen molar-refractivity contribution in [3.05, 3.63) is 24.3 Å². The molecule has 0 aliphatic rings. The van der Waals surface area contributed by atoms with E-state index in [1.165, 1.54) is 0 Å². The highest BCUT2D eigenvalue weighted by Gasteiger charge is 1.95. The summed E-state index contributed by atoms with van der Waals surface area (Å²) in [7, 11) is 1.64. The summed E-state index contributed by atoms with van der Waals surface area (Å²) < 4.78 is 5.05. The molecule has 1 rings (SSSR count). The normalized spacial score (nSPS) is 11.2. The molecule has 5 nitrogen and oxygen atoms in total. The molecule has 0 aliphatic heterocycles. The highest BCUT2D eigenvalue weighted by Crippen LogP contribution is 2.14. The minimum Gasteiger partial charge on any atom is -0.497 e. The number of nitrogens with zero attached hydrogens (tertiary/aromatic N) is 1. The first kappa shape index (κ1) is 12.2. The van der Waals surface area contributed by atoms with Crippen LogP contribution >= 0.6 is 0 Å². The summed E-state index contributed by atoms with van der Waals surface area (Å²) in [6.45, 7) is 0.780. The fraction of sp³-hybridized carbons (Fsp3) is 0.364. The van der Waals surface area contributed by atoms with Crippen LogP contribution in [-0.2, 0) is 0 Å². The molecule has 0 atom stereocenters. The number of nitrogens with two attached hydrogens (primary N) is 1. The maximum atomic E-state index is 8.34. The zero-order chi connectivity index (χ0) is 11.8. The average Bonchev–Trinajstić information content (AvgIpc) is 2.35. The lowest BCUT2D eigenvalue weighted by Gasteiger charge is -2.06. The molecule has 0 amide bonds. The number of oxime groups is 1. The van der Waals surface area contributed by atoms with Crippen molar-refractivity contribution in [1.82, 2.24) is 0 Å². The van der Waals surface area contributed by atoms with Gasteiger partial charge < -0.3 is 21.0 Å². The van der Waals surface area contributed by atoms with Gasteiger partial charge in [-0.25, -0.2) is 0 Å². The van der Waals surface area contributed by atoms with Crippen molar-refractivity contribution < 1.29 is 9.94 Å². The van der Waals surface area contributed by atoms with E-state index < -0.39 is 0 Å². The average molecular weight is 223 g/mol. The van der Waals surface area contributed by atoms with E-state index in [1.807, 2.05) is 24.3 Å². The fourth-order valence-electron chi connectivity index (χ4n) is 1.26. The Balaban J connectivity index is 2.26. The van der Waals surface area contributed by atoms with Crippen LogP contribution in [-0.4, -0.2) is 24.7 Å². The van der Waals surface area contributed by atoms with Crippen LogP contribution in [0.4, 0.5) is 5.69 Å². The second kappa shape index (κ2) is 6.55. The minimum absolute atomic E-state index is 0.261. The lowest BCUT2D eigenvalue weighted by Crippen LogP contribution is -2.13. The molecule has 0 heterocycles. The quantitative estimate of drug-likeness (QED) is 0.225. The molecule has 0 radical (unpaired) electrons. The molecule has 0 saturated carbocycles. The second-order valence-electron chi connectivity index (χ2n) is 3.35. The van der Waals surface area contributed by atoms with E-state index in [1.54, 1.807) is 7.11 Å². The van der Waals surface area contributed by atoms with Crippen molar-refractivity contribution in [2.24, 2.45) is 10.9 Å². The Hall–Kier alpha value is -1.91. The van der Waals surface area contributed by atoms with Crippen molar-refractivity contribution >= 4 is 11.5 Å². The molecule has 0 aromatic heterocycles. The first-order valence-electron chi connectivity index (χ1n) is 5.10. The van der Waals surface area contributed by atoms with Crippen LogP contribution in [0, 0.1) is 0 Å². The Bertz CT molecular complexity index is 336. The Labute approximate surface area is 94.9 Å². The largest absolute Gasteiger partial charge is 0.497 e. The third-order valence-corrected chi connectivity index (χ3v) is 2.16. The molecular formula is C11H17N3O2. The van der Waals surface area contributed by atoms with E-state index in [-0.39, 0.29) is 5.84 Å². The molecule has 0 unspecified atom stereocenters. The minimum atomic E-state index is 0.261. The van der Waals surface area contributed by atoms with Crippen LogP contribution in [0.3, 0.4) is 0 Å². The summed E-state index contributed by atoms with van der Waals surface area (Å²) in [5.74, 6) is 1.10. The summed E-state index contributed by atoms with van der Waals surface area (Å²) in [5.41, 5.74) is 6.37. The van der Waals surface area contributed by atoms with Crippen LogP contribution in [0.2, 0.25) is 0 Å². The number of ether oxygens (including phenoxy) is 1. The van der Waals surface area contributed by atoms with E-state index in [0.29, 0.717) is 6.42 Å². The van der Waals surface area contributed by atoms with Crippen LogP contribution in [0.15, 0.2) is 29.4 Å². The molecule has 16 heavy (non-hydrogen) atoms. The molecule has 0 saturated heterocycles. The SMILES string of the molecule is COc1ccc(NCCCC(N)=NO)cc1. The van der Waals surface area contributed by atoms with Crippen molar-refractivity contribution in [2.75, 3.05) is 19.0 Å². The van der Waals surface area contributed by atoms with Gasteiger partial charge >= 0.3 is 0 Å². The number of benzene rings is 1. The summed E-state index contributed by atoms with van der Waals surface area (Å²) in [6.07, 6.45) is 1.40. The van der Waals surface area contributed by atoms with E-state index in [9.17, 15) is 0 Å². The number of amidine groups is 1. The molecular weight excluding hydrogens is 206 g/mol. The van der Waals surface area contributed by atoms with Crippen LogP contribution < -0.4 is 15.8 Å². The standard InChI is InChI=1S/C11H17N3O2/c1-16-10-6-4-9(5-7-10)13-8-2-3-11(12)14-15/h4-7,13,15H,2-3,8H2,1H3,(H2,12,14). The van der Waals surface area contributed by atoms with Crippen LogP contribution in [0.5, 0.6) is 5.75 Å². The van der Waals surface area contributed by atoms with Crippen LogP contribution in [0.25, 0.3) is 0 Å². The van der Waals surface area contributed by atoms with Gasteiger partial charge in [0, 0.05) is 18.7 Å². The van der Waals surface area contributed by atoms with Gasteiger partial charge in [0.2, 0.25) is 0 Å². The highest BCUT2D eigenvalue weighted by atomic mass is 16.5. The number of rotatable bonds is 6. The van der Waals surface area contributed by atoms with Gasteiger partial charge in [-0.1, -0.05) is 5.16 Å². The summed E-state index contributed by atoms with van der Waals surface area (Å²) in [4.78, 5) is 0. The Morgan fingerprint density at radius 3 is 2.69 bits per heavy atom. The van der Waals surface area contributed by atoms with Gasteiger partial charge in [-0.3, -0.25) is 0 Å². The molecule has 0 fully saturated rings. The molecule has 4 N–H and O–H groups in total. The van der Waals surface area contributed by atoms with Gasteiger partial charge in [0.25, 0.3) is 0 Å². The highest BCUT2D eigenvalue weighted by molar-refractivity contribution is 5.79. The Morgan fingerprint density at radius 2 is 2.12 bits per heavy atom. The molecule has 0 bridgehead atoms. The van der Waals surface area contributed by atoms with Crippen LogP contribution in [0.1, 0.15) is 12.8 Å². The van der Waals surface area contributed by atoms with Crippen molar-refractivity contribution in [3.8, 4) is 5.75 Å². The molecule has 1 aromatic carbocycles. The Kier molecular flexibility index (Phi) is 4.98. The smallest absolute Gasteiger partial charge is 0.139 e. The second-order valence-corrected chi connectivity index (χ2v) is 3.35. The predicted octanol–water partition coefficient (Wildman–Crippen LogP) is 1.63. The molecule has 0 spiro atoms. The molecule has 1 aromatic rings. The zero-order valence-electron chi connectivity index (χ0n) is 9.31. The van der Waals surface area contributed by atoms with Gasteiger partial charge in [-0.15, -0.1) is 0 Å². The number of hydrogen-bond donors (Lipinski definition) is 3. The van der Waals surface area contributed by atoms with E-state index in [0.717, 1.165) is 24.4 Å². The summed E-state index contributed by atoms with van der Waals surface area (Å²) in [6, 6.07) is 7.68. The number of anilines is 1. The number of methoxy groups -OCH3 is 1. The van der Waals surface area contributed by atoms with Gasteiger partial charge in [-0.05, 0) is 30.7 Å². The van der Waals surface area contributed by atoms with Gasteiger partial charge in [0.05, 0.1) is 7.11 Å². The topological polar surface area (TPSA) is 79.9 Å². The maximum Gasteiger partial charge on any atom is 0.139 e. The van der Waals surface area contributed by atoms with Gasteiger partial charge in [0.15, 0.2) is 0 Å². The third-order valence-electron chi connectivity index (χ3n) is 2.16. The monoisotopic (exact) mass is 223 g/mol. The number of nitrogens with one attached hydrogen (secondary N) is 1. The first-order valence-corrected chi connectivity index (χ1v) is 5.10. The summed E-state index contributed by atoms with van der Waals surface area (Å²) in [5, 5.41) is 14.5. The molecule has 0 aliphatic carbocycles. The lowest BCUT2D eigenvalue weighted by atomic mass is 10.2. The Morgan fingerprint density at radius 1 is 1.44 bits per heavy atom. The molecule has 88 valence electrons.